The standard InChI is InChI=1S/C40H27BO6/c42-39(26-11-4-1-5-12-26)44-35-31-23-28-20-19-24-15-10-16-25-21-22-30(33(28)32(24)25)34(31)36-38(47-41(46-36)29-17-8-3-9-18-29)37(35)45-40(43)27-13-6-2-7-14-27/h1-23,35-38H/t35-,36-,37+,38-/m1/s1. The van der Waals surface area contributed by atoms with Gasteiger partial charge in [0.15, 0.2) is 12.2 Å². The third kappa shape index (κ3) is 4.58. The topological polar surface area (TPSA) is 71.1 Å². The van der Waals surface area contributed by atoms with E-state index in [-0.39, 0.29) is 0 Å². The highest BCUT2D eigenvalue weighted by Crippen LogP contribution is 2.51. The van der Waals surface area contributed by atoms with Crippen molar-refractivity contribution in [2.45, 2.75) is 24.4 Å². The van der Waals surface area contributed by atoms with Crippen molar-refractivity contribution in [3.8, 4) is 0 Å². The van der Waals surface area contributed by atoms with Crippen LogP contribution < -0.4 is 5.46 Å². The number of carbonyl (C=O) groups is 2. The lowest BCUT2D eigenvalue weighted by molar-refractivity contribution is -0.0919. The van der Waals surface area contributed by atoms with Gasteiger partial charge in [0.25, 0.3) is 0 Å². The van der Waals surface area contributed by atoms with E-state index in [4.69, 9.17) is 18.8 Å². The molecule has 0 bridgehead atoms. The molecule has 0 spiro atoms. The predicted molar refractivity (Wildman–Crippen MR) is 181 cm³/mol. The van der Waals surface area contributed by atoms with Crippen LogP contribution in [0, 0.1) is 0 Å². The van der Waals surface area contributed by atoms with Gasteiger partial charge < -0.3 is 18.8 Å². The highest BCUT2D eigenvalue weighted by atomic mass is 16.7. The molecule has 1 heterocycles. The Kier molecular flexibility index (Phi) is 6.56. The Morgan fingerprint density at radius 2 is 1.17 bits per heavy atom. The van der Waals surface area contributed by atoms with Crippen LogP contribution >= 0.6 is 0 Å². The summed E-state index contributed by atoms with van der Waals surface area (Å²) in [7, 11) is -0.723. The largest absolute Gasteiger partial charge is 0.494 e. The molecule has 47 heavy (non-hydrogen) atoms. The predicted octanol–water partition coefficient (Wildman–Crippen LogP) is 7.57. The minimum atomic E-state index is -1.00. The normalized spacial score (nSPS) is 20.3. The molecule has 7 aromatic rings. The fourth-order valence-electron chi connectivity index (χ4n) is 7.25. The Bertz CT molecular complexity index is 2260. The molecule has 1 fully saturated rings. The van der Waals surface area contributed by atoms with Gasteiger partial charge in [0.05, 0.1) is 17.2 Å². The lowest BCUT2D eigenvalue weighted by Gasteiger charge is -2.40. The monoisotopic (exact) mass is 614 g/mol. The molecular formula is C40H27BO6. The molecule has 0 unspecified atom stereocenters. The Morgan fingerprint density at radius 1 is 0.574 bits per heavy atom. The maximum Gasteiger partial charge on any atom is 0.494 e. The van der Waals surface area contributed by atoms with E-state index < -0.39 is 43.5 Å². The Labute approximate surface area is 270 Å². The average Bonchev–Trinajstić information content (AvgIpc) is 3.58. The molecule has 9 rings (SSSR count). The molecule has 0 amide bonds. The van der Waals surface area contributed by atoms with Crippen LogP contribution in [0.4, 0.5) is 0 Å². The van der Waals surface area contributed by atoms with Gasteiger partial charge in [-0.1, -0.05) is 109 Å². The van der Waals surface area contributed by atoms with Crippen LogP contribution in [0.3, 0.4) is 0 Å². The molecule has 0 aromatic heterocycles. The summed E-state index contributed by atoms with van der Waals surface area (Å²) in [6.45, 7) is 0. The van der Waals surface area contributed by atoms with E-state index in [2.05, 4.69) is 48.5 Å². The Hall–Kier alpha value is -5.50. The highest BCUT2D eigenvalue weighted by Gasteiger charge is 2.55. The van der Waals surface area contributed by atoms with Gasteiger partial charge in [-0.15, -0.1) is 0 Å². The van der Waals surface area contributed by atoms with Crippen molar-refractivity contribution in [3.63, 3.8) is 0 Å². The fourth-order valence-corrected chi connectivity index (χ4v) is 7.25. The maximum atomic E-state index is 13.8. The van der Waals surface area contributed by atoms with Crippen LogP contribution in [0.1, 0.15) is 44.1 Å². The molecule has 1 aliphatic carbocycles. The molecule has 0 radical (unpaired) electrons. The second kappa shape index (κ2) is 11.1. The number of hydrogen-bond donors (Lipinski definition) is 0. The summed E-state index contributed by atoms with van der Waals surface area (Å²) in [5, 5.41) is 6.53. The van der Waals surface area contributed by atoms with E-state index in [1.165, 1.54) is 0 Å². The first-order valence-corrected chi connectivity index (χ1v) is 15.7. The van der Waals surface area contributed by atoms with Gasteiger partial charge in [-0.3, -0.25) is 0 Å². The smallest absolute Gasteiger partial charge is 0.452 e. The van der Waals surface area contributed by atoms with E-state index in [1.807, 2.05) is 42.5 Å². The number of carbonyl (C=O) groups excluding carboxylic acids is 2. The first kappa shape index (κ1) is 27.8. The molecule has 2 aliphatic rings. The van der Waals surface area contributed by atoms with Crippen molar-refractivity contribution < 1.29 is 28.4 Å². The number of fused-ring (bicyclic) bond motifs is 4. The third-order valence-electron chi connectivity index (χ3n) is 9.35. The molecule has 7 heteroatoms. The Morgan fingerprint density at radius 3 is 1.85 bits per heavy atom. The van der Waals surface area contributed by atoms with Crippen molar-refractivity contribution in [1.82, 2.24) is 0 Å². The summed E-state index contributed by atoms with van der Waals surface area (Å²) < 4.78 is 26.1. The van der Waals surface area contributed by atoms with Crippen LogP contribution in [0.2, 0.25) is 0 Å². The number of rotatable bonds is 5. The van der Waals surface area contributed by atoms with Gasteiger partial charge in [-0.2, -0.15) is 0 Å². The molecular weight excluding hydrogens is 587 g/mol. The van der Waals surface area contributed by atoms with Crippen LogP contribution in [0.15, 0.2) is 140 Å². The van der Waals surface area contributed by atoms with E-state index in [1.54, 1.807) is 48.5 Å². The average molecular weight is 614 g/mol. The van der Waals surface area contributed by atoms with Gasteiger partial charge >= 0.3 is 19.1 Å². The highest BCUT2D eigenvalue weighted by molar-refractivity contribution is 6.61. The van der Waals surface area contributed by atoms with Crippen molar-refractivity contribution in [2.75, 3.05) is 0 Å². The van der Waals surface area contributed by atoms with Gasteiger partial charge in [-0.25, -0.2) is 9.59 Å². The molecule has 4 atom stereocenters. The van der Waals surface area contributed by atoms with Crippen molar-refractivity contribution in [3.05, 3.63) is 162 Å². The van der Waals surface area contributed by atoms with Crippen molar-refractivity contribution >= 4 is 56.8 Å². The molecule has 226 valence electrons. The summed E-state index contributed by atoms with van der Waals surface area (Å²) in [6, 6.07) is 44.2. The van der Waals surface area contributed by atoms with Crippen LogP contribution in [-0.2, 0) is 18.8 Å². The first-order valence-electron chi connectivity index (χ1n) is 15.7. The molecule has 6 nitrogen and oxygen atoms in total. The van der Waals surface area contributed by atoms with E-state index in [0.717, 1.165) is 48.9 Å². The summed E-state index contributed by atoms with van der Waals surface area (Å²) in [4.78, 5) is 27.4. The van der Waals surface area contributed by atoms with E-state index in [9.17, 15) is 9.59 Å². The zero-order chi connectivity index (χ0) is 31.5. The summed E-state index contributed by atoms with van der Waals surface area (Å²) in [5.41, 5.74) is 3.22. The van der Waals surface area contributed by atoms with Gasteiger partial charge in [0.2, 0.25) is 0 Å². The van der Waals surface area contributed by atoms with Crippen molar-refractivity contribution in [1.29, 1.82) is 0 Å². The molecule has 7 aromatic carbocycles. The number of esters is 2. The van der Waals surface area contributed by atoms with Gasteiger partial charge in [0, 0.05) is 5.56 Å². The number of benzene rings is 7. The van der Waals surface area contributed by atoms with Crippen molar-refractivity contribution in [2.24, 2.45) is 0 Å². The summed E-state index contributed by atoms with van der Waals surface area (Å²) >= 11 is 0. The molecule has 0 saturated carbocycles. The third-order valence-corrected chi connectivity index (χ3v) is 9.35. The lowest BCUT2D eigenvalue weighted by Crippen LogP contribution is -2.45. The molecule has 1 saturated heterocycles. The molecule has 1 aliphatic heterocycles. The maximum absolute atomic E-state index is 13.8. The van der Waals surface area contributed by atoms with Gasteiger partial charge in [-0.05, 0) is 73.7 Å². The van der Waals surface area contributed by atoms with Crippen LogP contribution in [0.25, 0.3) is 32.3 Å². The Balaban J connectivity index is 1.27. The first-order chi connectivity index (χ1) is 23.1. The van der Waals surface area contributed by atoms with Crippen LogP contribution in [-0.4, -0.2) is 31.3 Å². The minimum absolute atomic E-state index is 0.386. The quantitative estimate of drug-likeness (QED) is 0.113. The molecule has 0 N–H and O–H groups in total. The second-order valence-electron chi connectivity index (χ2n) is 12.1. The second-order valence-corrected chi connectivity index (χ2v) is 12.1. The lowest BCUT2D eigenvalue weighted by atomic mass is 9.78. The number of hydrogen-bond acceptors (Lipinski definition) is 6. The zero-order valence-corrected chi connectivity index (χ0v) is 25.1. The summed E-state index contributed by atoms with van der Waals surface area (Å²) in [6.07, 6.45) is -3.37. The van der Waals surface area contributed by atoms with Crippen LogP contribution in [0.5, 0.6) is 0 Å². The minimum Gasteiger partial charge on any atom is -0.452 e. The number of ether oxygens (including phenoxy) is 2. The fraction of sp³-hybridized carbons (Fsp3) is 0.100. The van der Waals surface area contributed by atoms with E-state index >= 15 is 0 Å². The SMILES string of the molecule is O=C(O[C@@H]1[C@@H]2OB(c3ccccc3)O[C@@H]2c2c(cc3ccc4cccc5ccc2c3c45)[C@H]1OC(=O)c1ccccc1)c1ccccc1. The summed E-state index contributed by atoms with van der Waals surface area (Å²) in [5.74, 6) is -1.06. The van der Waals surface area contributed by atoms with Gasteiger partial charge in [0.1, 0.15) is 6.10 Å². The zero-order valence-electron chi connectivity index (χ0n) is 25.1. The van der Waals surface area contributed by atoms with E-state index in [0.29, 0.717) is 11.1 Å².